The molecule has 2 fully saturated rings. The molecule has 382 valence electrons. The van der Waals surface area contributed by atoms with Crippen molar-refractivity contribution in [2.24, 2.45) is 28.6 Å². The standard InChI is InChI=1S/C58H66O14/c1-34-14-21-51-57(4,44(34)18-16-37-15-17-41-43(26-37)46(72-36(3)61)20-19-45(41)71-35(2)60)22-13-23-58(51,5)56(63)68-25-12-10-9-11-24-67-55(62)53-40(32-59)27-38-28-47-48(70-33-69-47)31-42(38)52(53)39-29-49(64-6)54(66-8)50(30-39)65-7/h15,17,19-20,26-32,44,51-53H,1,9-14,16,18,21-25,33H2,2-8H3/t44-,51?,52+,53+,57+,58-/m0/s1. The monoisotopic (exact) mass is 986 g/mol. The number of ether oxygens (including phenoxy) is 9. The molecule has 6 atom stereocenters. The molecular weight excluding hydrogens is 921 g/mol. The summed E-state index contributed by atoms with van der Waals surface area (Å²) in [5.41, 5.74) is 3.88. The van der Waals surface area contributed by atoms with Crippen LogP contribution in [0.3, 0.4) is 0 Å². The van der Waals surface area contributed by atoms with E-state index in [1.807, 2.05) is 30.3 Å². The molecule has 4 aromatic rings. The summed E-state index contributed by atoms with van der Waals surface area (Å²) in [5, 5.41) is 1.37. The zero-order valence-corrected chi connectivity index (χ0v) is 42.5. The van der Waals surface area contributed by atoms with Crippen molar-refractivity contribution in [3.63, 3.8) is 0 Å². The third kappa shape index (κ3) is 10.3. The number of hydrogen-bond acceptors (Lipinski definition) is 14. The van der Waals surface area contributed by atoms with Crippen molar-refractivity contribution in [3.8, 4) is 40.2 Å². The fourth-order valence-corrected chi connectivity index (χ4v) is 12.2. The minimum absolute atomic E-state index is 0.0621. The van der Waals surface area contributed by atoms with Crippen LogP contribution >= 0.6 is 0 Å². The number of carbonyl (C=O) groups excluding carboxylic acids is 5. The number of aryl methyl sites for hydroxylation is 1. The lowest BCUT2D eigenvalue weighted by Gasteiger charge is -2.57. The molecule has 2 saturated carbocycles. The van der Waals surface area contributed by atoms with E-state index < -0.39 is 35.2 Å². The van der Waals surface area contributed by atoms with Crippen molar-refractivity contribution < 1.29 is 66.6 Å². The Hall–Kier alpha value is -6.83. The van der Waals surface area contributed by atoms with Crippen molar-refractivity contribution in [2.45, 2.75) is 104 Å². The fourth-order valence-electron chi connectivity index (χ4n) is 12.2. The quantitative estimate of drug-likeness (QED) is 0.0286. The van der Waals surface area contributed by atoms with Gasteiger partial charge in [-0.3, -0.25) is 24.0 Å². The lowest BCUT2D eigenvalue weighted by molar-refractivity contribution is -0.171. The van der Waals surface area contributed by atoms with Crippen LogP contribution in [-0.2, 0) is 39.9 Å². The SMILES string of the molecule is C=C1CCC2[C@](C)(CCC[C@]2(C)C(=O)OCCCCCCOC(=O)[C@@H]2C(C=O)=Cc3cc4c(cc3[C@H]2c2cc(OC)c(OC)c(OC)c2)OCO4)[C@H]1CCc1ccc2c(OC(C)=O)ccc(OC(C)=O)c2c1. The maximum Gasteiger partial charge on any atom is 0.314 e. The third-order valence-corrected chi connectivity index (χ3v) is 15.6. The molecular formula is C58H66O14. The Morgan fingerprint density at radius 1 is 0.764 bits per heavy atom. The molecule has 14 nitrogen and oxygen atoms in total. The van der Waals surface area contributed by atoms with Gasteiger partial charge in [0.25, 0.3) is 0 Å². The van der Waals surface area contributed by atoms with Crippen molar-refractivity contribution >= 4 is 47.0 Å². The van der Waals surface area contributed by atoms with Gasteiger partial charge in [0.15, 0.2) is 23.0 Å². The molecule has 4 aliphatic rings. The molecule has 0 saturated heterocycles. The van der Waals surface area contributed by atoms with E-state index >= 15 is 0 Å². The van der Waals surface area contributed by atoms with E-state index in [2.05, 4.69) is 20.4 Å². The van der Waals surface area contributed by atoms with E-state index in [1.165, 1.54) is 40.7 Å². The van der Waals surface area contributed by atoms with Crippen LogP contribution in [0.25, 0.3) is 16.8 Å². The average Bonchev–Trinajstić information content (AvgIpc) is 3.82. The van der Waals surface area contributed by atoms with Crippen molar-refractivity contribution in [2.75, 3.05) is 41.3 Å². The second-order valence-electron chi connectivity index (χ2n) is 20.0. The molecule has 0 spiro atoms. The highest BCUT2D eigenvalue weighted by molar-refractivity contribution is 5.97. The van der Waals surface area contributed by atoms with Crippen LogP contribution < -0.4 is 33.2 Å². The Labute approximate surface area is 421 Å². The predicted octanol–water partition coefficient (Wildman–Crippen LogP) is 10.8. The highest BCUT2D eigenvalue weighted by Gasteiger charge is 2.58. The van der Waals surface area contributed by atoms with E-state index in [4.69, 9.17) is 42.6 Å². The normalized spacial score (nSPS) is 22.9. The third-order valence-electron chi connectivity index (χ3n) is 15.6. The first-order valence-electron chi connectivity index (χ1n) is 25.0. The van der Waals surface area contributed by atoms with E-state index in [1.54, 1.807) is 30.3 Å². The van der Waals surface area contributed by atoms with E-state index in [9.17, 15) is 24.0 Å². The Morgan fingerprint density at radius 2 is 1.42 bits per heavy atom. The van der Waals surface area contributed by atoms with Gasteiger partial charge < -0.3 is 42.6 Å². The van der Waals surface area contributed by atoms with Gasteiger partial charge in [0, 0.05) is 36.1 Å². The number of fused-ring (bicyclic) bond motifs is 4. The Morgan fingerprint density at radius 3 is 2.06 bits per heavy atom. The summed E-state index contributed by atoms with van der Waals surface area (Å²) in [7, 11) is 4.56. The van der Waals surface area contributed by atoms with Gasteiger partial charge in [-0.25, -0.2) is 0 Å². The van der Waals surface area contributed by atoms with Crippen LogP contribution in [0.4, 0.5) is 0 Å². The second kappa shape index (κ2) is 21.9. The zero-order valence-electron chi connectivity index (χ0n) is 42.5. The average molecular weight is 987 g/mol. The van der Waals surface area contributed by atoms with Gasteiger partial charge in [0.05, 0.1) is 45.9 Å². The van der Waals surface area contributed by atoms with Gasteiger partial charge in [-0.1, -0.05) is 37.6 Å². The molecule has 8 rings (SSSR count). The number of rotatable bonds is 19. The summed E-state index contributed by atoms with van der Waals surface area (Å²) in [5.74, 6) is 0.210. The maximum atomic E-state index is 14.2. The molecule has 1 unspecified atom stereocenters. The first-order valence-corrected chi connectivity index (χ1v) is 25.0. The highest BCUT2D eigenvalue weighted by Crippen LogP contribution is 2.62. The maximum absolute atomic E-state index is 14.2. The van der Waals surface area contributed by atoms with Gasteiger partial charge in [0.2, 0.25) is 12.5 Å². The predicted molar refractivity (Wildman–Crippen MR) is 269 cm³/mol. The molecule has 3 aliphatic carbocycles. The van der Waals surface area contributed by atoms with Gasteiger partial charge in [-0.15, -0.1) is 0 Å². The molecule has 0 bridgehead atoms. The molecule has 0 aromatic heterocycles. The molecule has 72 heavy (non-hydrogen) atoms. The van der Waals surface area contributed by atoms with Crippen LogP contribution in [0, 0.1) is 28.6 Å². The molecule has 14 heteroatoms. The van der Waals surface area contributed by atoms with Crippen LogP contribution in [0.2, 0.25) is 0 Å². The minimum atomic E-state index is -0.976. The zero-order chi connectivity index (χ0) is 51.3. The Bertz CT molecular complexity index is 2770. The number of hydrogen-bond donors (Lipinski definition) is 0. The summed E-state index contributed by atoms with van der Waals surface area (Å²) in [4.78, 5) is 64.8. The molecule has 1 aliphatic heterocycles. The smallest absolute Gasteiger partial charge is 0.314 e. The van der Waals surface area contributed by atoms with E-state index in [0.717, 1.165) is 74.5 Å². The van der Waals surface area contributed by atoms with E-state index in [-0.39, 0.29) is 42.2 Å². The first kappa shape index (κ1) is 51.5. The van der Waals surface area contributed by atoms with Crippen LogP contribution in [0.15, 0.2) is 72.3 Å². The Balaban J connectivity index is 0.862. The largest absolute Gasteiger partial charge is 0.493 e. The van der Waals surface area contributed by atoms with Crippen LogP contribution in [0.1, 0.15) is 120 Å². The molecule has 4 aromatic carbocycles. The lowest BCUT2D eigenvalue weighted by atomic mass is 9.46. The topological polar surface area (TPSA) is 168 Å². The van der Waals surface area contributed by atoms with Gasteiger partial charge in [0.1, 0.15) is 17.8 Å². The van der Waals surface area contributed by atoms with Crippen molar-refractivity contribution in [1.29, 1.82) is 0 Å². The number of allylic oxidation sites excluding steroid dienone is 1. The summed E-state index contributed by atoms with van der Waals surface area (Å²) in [6, 6.07) is 16.5. The van der Waals surface area contributed by atoms with Crippen molar-refractivity contribution in [1.82, 2.24) is 0 Å². The summed E-state index contributed by atoms with van der Waals surface area (Å²) in [6.07, 6.45) is 11.1. The number of benzene rings is 4. The van der Waals surface area contributed by atoms with Gasteiger partial charge in [-0.05, 0) is 159 Å². The number of aldehydes is 1. The van der Waals surface area contributed by atoms with Gasteiger partial charge in [-0.2, -0.15) is 0 Å². The summed E-state index contributed by atoms with van der Waals surface area (Å²) >= 11 is 0. The molecule has 0 amide bonds. The minimum Gasteiger partial charge on any atom is -0.493 e. The molecule has 0 radical (unpaired) electrons. The Kier molecular flexibility index (Phi) is 15.7. The van der Waals surface area contributed by atoms with Crippen LogP contribution in [0.5, 0.6) is 40.2 Å². The van der Waals surface area contributed by atoms with Crippen molar-refractivity contribution in [3.05, 3.63) is 94.6 Å². The number of unbranched alkanes of at least 4 members (excludes halogenated alkanes) is 3. The molecule has 1 heterocycles. The second-order valence-corrected chi connectivity index (χ2v) is 20.0. The first-order chi connectivity index (χ1) is 34.6. The van der Waals surface area contributed by atoms with Gasteiger partial charge >= 0.3 is 23.9 Å². The fraction of sp³-hybridized carbons (Fsp3) is 0.466. The summed E-state index contributed by atoms with van der Waals surface area (Å²) in [6.45, 7) is 12.2. The number of esters is 4. The molecule has 0 N–H and O–H groups in total. The highest BCUT2D eigenvalue weighted by atomic mass is 16.7. The summed E-state index contributed by atoms with van der Waals surface area (Å²) < 4.78 is 51.3. The lowest BCUT2D eigenvalue weighted by Crippen LogP contribution is -2.53. The van der Waals surface area contributed by atoms with Crippen LogP contribution in [-0.4, -0.2) is 71.5 Å². The van der Waals surface area contributed by atoms with E-state index in [0.29, 0.717) is 82.3 Å². The number of methoxy groups -OCH3 is 3. The number of carbonyl (C=O) groups is 5.